The van der Waals surface area contributed by atoms with E-state index in [1.807, 2.05) is 29.6 Å². The smallest absolute Gasteiger partial charge is 0.225 e. The third-order valence-corrected chi connectivity index (χ3v) is 4.66. The topological polar surface area (TPSA) is 47.6 Å². The number of amides is 1. The number of rotatable bonds is 5. The van der Waals surface area contributed by atoms with Gasteiger partial charge in [0.05, 0.1) is 12.8 Å². The highest BCUT2D eigenvalue weighted by atomic mass is 32.1. The summed E-state index contributed by atoms with van der Waals surface area (Å²) in [5.74, 6) is 1.36. The second-order valence-corrected chi connectivity index (χ2v) is 5.93. The number of ether oxygens (including phenoxy) is 2. The zero-order chi connectivity index (χ0) is 15.5. The number of fused-ring (bicyclic) bond motifs is 1. The molecule has 0 aliphatic carbocycles. The predicted molar refractivity (Wildman–Crippen MR) is 88.1 cm³/mol. The van der Waals surface area contributed by atoms with Crippen LogP contribution >= 0.6 is 11.3 Å². The molecule has 22 heavy (non-hydrogen) atoms. The third-order valence-electron chi connectivity index (χ3n) is 3.63. The predicted octanol–water partition coefficient (Wildman–Crippen LogP) is 3.80. The third kappa shape index (κ3) is 2.60. The Morgan fingerprint density at radius 3 is 3.09 bits per heavy atom. The Balaban J connectivity index is 2.08. The number of carbonyl (C=O) groups excluding carboxylic acids is 1. The van der Waals surface area contributed by atoms with Crippen molar-refractivity contribution in [3.05, 3.63) is 52.7 Å². The Bertz CT molecular complexity index is 708. The van der Waals surface area contributed by atoms with Gasteiger partial charge in [0, 0.05) is 22.8 Å². The summed E-state index contributed by atoms with van der Waals surface area (Å²) in [5, 5.41) is 4.91. The second kappa shape index (κ2) is 6.23. The molecule has 1 amide bonds. The Morgan fingerprint density at radius 2 is 2.32 bits per heavy atom. The van der Waals surface area contributed by atoms with Gasteiger partial charge in [-0.1, -0.05) is 24.8 Å². The van der Waals surface area contributed by atoms with Crippen LogP contribution in [0.2, 0.25) is 0 Å². The van der Waals surface area contributed by atoms with Gasteiger partial charge in [-0.05, 0) is 17.5 Å². The van der Waals surface area contributed by atoms with Crippen LogP contribution in [-0.4, -0.2) is 19.6 Å². The minimum atomic E-state index is -0.0151. The van der Waals surface area contributed by atoms with Gasteiger partial charge in [0.1, 0.15) is 6.61 Å². The molecule has 4 nitrogen and oxygen atoms in total. The van der Waals surface area contributed by atoms with E-state index in [4.69, 9.17) is 9.47 Å². The Morgan fingerprint density at radius 1 is 1.45 bits per heavy atom. The molecule has 1 N–H and O–H groups in total. The monoisotopic (exact) mass is 315 g/mol. The molecule has 114 valence electrons. The van der Waals surface area contributed by atoms with Crippen LogP contribution in [0.25, 0.3) is 0 Å². The summed E-state index contributed by atoms with van der Waals surface area (Å²) >= 11 is 1.65. The van der Waals surface area contributed by atoms with Gasteiger partial charge in [0.25, 0.3) is 0 Å². The van der Waals surface area contributed by atoms with Gasteiger partial charge >= 0.3 is 0 Å². The fourth-order valence-corrected chi connectivity index (χ4v) is 3.66. The van der Waals surface area contributed by atoms with Crippen LogP contribution in [0.5, 0.6) is 11.5 Å². The van der Waals surface area contributed by atoms with E-state index >= 15 is 0 Å². The van der Waals surface area contributed by atoms with Gasteiger partial charge in [-0.15, -0.1) is 11.3 Å². The highest BCUT2D eigenvalue weighted by molar-refractivity contribution is 7.10. The Labute approximate surface area is 133 Å². The number of hydrogen-bond acceptors (Lipinski definition) is 4. The highest BCUT2D eigenvalue weighted by Gasteiger charge is 2.30. The minimum Gasteiger partial charge on any atom is -0.493 e. The SMILES string of the molecule is C=CCOc1c(OC)cccc1[C@H]1CC(=O)Nc2ccsc21. The molecule has 0 unspecified atom stereocenters. The molecule has 0 radical (unpaired) electrons. The summed E-state index contributed by atoms with van der Waals surface area (Å²) in [6.07, 6.45) is 2.10. The van der Waals surface area contributed by atoms with Crippen molar-refractivity contribution in [3.8, 4) is 11.5 Å². The van der Waals surface area contributed by atoms with Crippen LogP contribution in [0.3, 0.4) is 0 Å². The fraction of sp³-hybridized carbons (Fsp3) is 0.235. The van der Waals surface area contributed by atoms with Crippen LogP contribution in [0.4, 0.5) is 5.69 Å². The van der Waals surface area contributed by atoms with Crippen LogP contribution in [0, 0.1) is 0 Å². The molecule has 0 fully saturated rings. The number of carbonyl (C=O) groups is 1. The van der Waals surface area contributed by atoms with Crippen molar-refractivity contribution in [3.63, 3.8) is 0 Å². The van der Waals surface area contributed by atoms with E-state index in [1.165, 1.54) is 0 Å². The van der Waals surface area contributed by atoms with Crippen molar-refractivity contribution < 1.29 is 14.3 Å². The molecule has 1 aliphatic rings. The van der Waals surface area contributed by atoms with Gasteiger partial charge in [0.15, 0.2) is 11.5 Å². The summed E-state index contributed by atoms with van der Waals surface area (Å²) in [4.78, 5) is 13.1. The maximum Gasteiger partial charge on any atom is 0.225 e. The molecule has 2 heterocycles. The van der Waals surface area contributed by atoms with E-state index in [2.05, 4.69) is 11.9 Å². The molecule has 2 aromatic rings. The lowest BCUT2D eigenvalue weighted by Crippen LogP contribution is -2.22. The average Bonchev–Trinajstić information content (AvgIpc) is 2.99. The molecular formula is C17H17NO3S. The van der Waals surface area contributed by atoms with Crippen molar-refractivity contribution in [2.24, 2.45) is 0 Å². The normalized spacial score (nSPS) is 16.6. The molecule has 0 bridgehead atoms. The van der Waals surface area contributed by atoms with Gasteiger partial charge < -0.3 is 14.8 Å². The van der Waals surface area contributed by atoms with Gasteiger partial charge in [-0.3, -0.25) is 4.79 Å². The number of benzene rings is 1. The maximum absolute atomic E-state index is 12.0. The molecule has 1 aromatic heterocycles. The van der Waals surface area contributed by atoms with Crippen molar-refractivity contribution in [2.45, 2.75) is 12.3 Å². The summed E-state index contributed by atoms with van der Waals surface area (Å²) in [7, 11) is 1.62. The van der Waals surface area contributed by atoms with Crippen LogP contribution in [0.1, 0.15) is 22.8 Å². The largest absolute Gasteiger partial charge is 0.493 e. The van der Waals surface area contributed by atoms with Crippen molar-refractivity contribution in [1.82, 2.24) is 0 Å². The molecule has 1 atom stereocenters. The second-order valence-electron chi connectivity index (χ2n) is 4.98. The zero-order valence-electron chi connectivity index (χ0n) is 12.3. The number of anilines is 1. The minimum absolute atomic E-state index is 0.0151. The maximum atomic E-state index is 12.0. The summed E-state index contributed by atoms with van der Waals surface area (Å²) in [5.41, 5.74) is 1.86. The number of nitrogens with one attached hydrogen (secondary N) is 1. The number of hydrogen-bond donors (Lipinski definition) is 1. The molecule has 5 heteroatoms. The lowest BCUT2D eigenvalue weighted by Gasteiger charge is -2.25. The summed E-state index contributed by atoms with van der Waals surface area (Å²) in [6.45, 7) is 4.08. The fourth-order valence-electron chi connectivity index (χ4n) is 2.69. The summed E-state index contributed by atoms with van der Waals surface area (Å²) in [6, 6.07) is 7.72. The average molecular weight is 315 g/mol. The van der Waals surface area contributed by atoms with E-state index in [-0.39, 0.29) is 11.8 Å². The first-order chi connectivity index (χ1) is 10.7. The molecule has 1 aromatic carbocycles. The van der Waals surface area contributed by atoms with E-state index in [0.29, 0.717) is 24.5 Å². The number of para-hydroxylation sites is 1. The number of thiophene rings is 1. The standard InChI is InChI=1S/C17H17NO3S/c1-3-8-21-16-11(5-4-6-14(16)20-2)12-10-15(19)18-13-7-9-22-17(12)13/h3-7,9,12H,1,8,10H2,2H3,(H,18,19)/t12-/m1/s1. The zero-order valence-corrected chi connectivity index (χ0v) is 13.1. The van der Waals surface area contributed by atoms with Gasteiger partial charge in [-0.2, -0.15) is 0 Å². The van der Waals surface area contributed by atoms with E-state index in [0.717, 1.165) is 16.1 Å². The van der Waals surface area contributed by atoms with Gasteiger partial charge in [0.2, 0.25) is 5.91 Å². The molecule has 0 saturated carbocycles. The van der Waals surface area contributed by atoms with E-state index in [9.17, 15) is 4.79 Å². The molecular weight excluding hydrogens is 298 g/mol. The van der Waals surface area contributed by atoms with Crippen molar-refractivity contribution in [2.75, 3.05) is 19.0 Å². The molecule has 0 saturated heterocycles. The first kappa shape index (κ1) is 14.7. The Kier molecular flexibility index (Phi) is 4.15. The van der Waals surface area contributed by atoms with E-state index in [1.54, 1.807) is 24.5 Å². The molecule has 0 spiro atoms. The molecule has 3 rings (SSSR count). The number of methoxy groups -OCH3 is 1. The van der Waals surface area contributed by atoms with E-state index < -0.39 is 0 Å². The Hall–Kier alpha value is -2.27. The first-order valence-electron chi connectivity index (χ1n) is 7.02. The highest BCUT2D eigenvalue weighted by Crippen LogP contribution is 2.46. The van der Waals surface area contributed by atoms with Crippen LogP contribution in [0.15, 0.2) is 42.3 Å². The quantitative estimate of drug-likeness (QED) is 0.854. The van der Waals surface area contributed by atoms with Crippen LogP contribution in [-0.2, 0) is 4.79 Å². The first-order valence-corrected chi connectivity index (χ1v) is 7.90. The van der Waals surface area contributed by atoms with Crippen molar-refractivity contribution in [1.29, 1.82) is 0 Å². The lowest BCUT2D eigenvalue weighted by atomic mass is 9.90. The summed E-state index contributed by atoms with van der Waals surface area (Å²) < 4.78 is 11.2. The molecule has 1 aliphatic heterocycles. The van der Waals surface area contributed by atoms with Crippen molar-refractivity contribution >= 4 is 22.9 Å². The van der Waals surface area contributed by atoms with Gasteiger partial charge in [-0.25, -0.2) is 0 Å². The van der Waals surface area contributed by atoms with Crippen LogP contribution < -0.4 is 14.8 Å². The lowest BCUT2D eigenvalue weighted by molar-refractivity contribution is -0.116.